The molecule has 0 aliphatic carbocycles. The van der Waals surface area contributed by atoms with Gasteiger partial charge >= 0.3 is 6.09 Å². The fraction of sp³-hybridized carbons (Fsp3) is 0.400. The molecule has 1 aromatic carbocycles. The van der Waals surface area contributed by atoms with Crippen LogP contribution in [0.5, 0.6) is 0 Å². The number of carbonyl (C=O) groups excluding carboxylic acids is 2. The van der Waals surface area contributed by atoms with Crippen molar-refractivity contribution in [2.75, 3.05) is 19.6 Å². The lowest BCUT2D eigenvalue weighted by Crippen LogP contribution is -2.44. The number of ether oxygens (including phenoxy) is 1. The number of halogens is 1. The third-order valence-electron chi connectivity index (χ3n) is 5.81. The average Bonchev–Trinajstić information content (AvgIpc) is 3.17. The van der Waals surface area contributed by atoms with Crippen LogP contribution in [0.25, 0.3) is 16.6 Å². The quantitative estimate of drug-likeness (QED) is 0.590. The van der Waals surface area contributed by atoms with Crippen LogP contribution in [0.1, 0.15) is 45.1 Å². The smallest absolute Gasteiger partial charge is 0.408 e. The predicted octanol–water partition coefficient (Wildman–Crippen LogP) is 4.91. The number of benzene rings is 1. The van der Waals surface area contributed by atoms with Gasteiger partial charge in [0.25, 0.3) is 0 Å². The van der Waals surface area contributed by atoms with Gasteiger partial charge in [-0.15, -0.1) is 0 Å². The van der Waals surface area contributed by atoms with E-state index in [9.17, 15) is 9.59 Å². The standard InChI is InChI=1S/C25H29ClN4O3/c1-25(2,3)33-24(32)28-15-23(31)29-12-9-17(10-13-29)21-16-30(19-6-4-18(26)5-7-19)22-14-27-11-8-20(21)22/h4-8,11,14,16-17H,9-10,12-13,15H2,1-3H3,(H,28,32). The molecular weight excluding hydrogens is 440 g/mol. The Labute approximate surface area is 198 Å². The summed E-state index contributed by atoms with van der Waals surface area (Å²) in [5, 5.41) is 4.43. The highest BCUT2D eigenvalue weighted by Gasteiger charge is 2.27. The van der Waals surface area contributed by atoms with Crippen LogP contribution in [0.4, 0.5) is 4.79 Å². The number of pyridine rings is 1. The zero-order valence-corrected chi connectivity index (χ0v) is 19.9. The number of carbonyl (C=O) groups is 2. The minimum atomic E-state index is -0.591. The molecule has 2 aromatic heterocycles. The highest BCUT2D eigenvalue weighted by molar-refractivity contribution is 6.30. The minimum Gasteiger partial charge on any atom is -0.444 e. The van der Waals surface area contributed by atoms with E-state index in [0.717, 1.165) is 24.0 Å². The van der Waals surface area contributed by atoms with E-state index in [1.54, 1.807) is 20.8 Å². The number of rotatable bonds is 4. The fourth-order valence-electron chi connectivity index (χ4n) is 4.25. The first kappa shape index (κ1) is 23.1. The van der Waals surface area contributed by atoms with Crippen LogP contribution < -0.4 is 5.32 Å². The fourth-order valence-corrected chi connectivity index (χ4v) is 4.38. The molecule has 0 radical (unpaired) electrons. The van der Waals surface area contributed by atoms with Gasteiger partial charge in [0.1, 0.15) is 12.1 Å². The highest BCUT2D eigenvalue weighted by atomic mass is 35.5. The van der Waals surface area contributed by atoms with Gasteiger partial charge < -0.3 is 19.5 Å². The topological polar surface area (TPSA) is 76.5 Å². The van der Waals surface area contributed by atoms with E-state index in [0.29, 0.717) is 24.0 Å². The highest BCUT2D eigenvalue weighted by Crippen LogP contribution is 2.35. The molecule has 1 aliphatic heterocycles. The number of fused-ring (bicyclic) bond motifs is 1. The van der Waals surface area contributed by atoms with Crippen LogP contribution in [0.2, 0.25) is 5.02 Å². The number of piperidine rings is 1. The van der Waals surface area contributed by atoms with Gasteiger partial charge in [-0.2, -0.15) is 0 Å². The lowest BCUT2D eigenvalue weighted by molar-refractivity contribution is -0.131. The zero-order valence-electron chi connectivity index (χ0n) is 19.2. The van der Waals surface area contributed by atoms with Crippen LogP contribution in [0.3, 0.4) is 0 Å². The minimum absolute atomic E-state index is 0.0544. The number of nitrogens with one attached hydrogen (secondary N) is 1. The molecule has 0 saturated carbocycles. The van der Waals surface area contributed by atoms with Gasteiger partial charge in [0.05, 0.1) is 11.7 Å². The van der Waals surface area contributed by atoms with Gasteiger partial charge in [-0.1, -0.05) is 11.6 Å². The Bertz CT molecular complexity index is 1140. The lowest BCUT2D eigenvalue weighted by atomic mass is 9.89. The molecule has 0 atom stereocenters. The lowest BCUT2D eigenvalue weighted by Gasteiger charge is -2.32. The second kappa shape index (κ2) is 9.43. The first-order valence-corrected chi connectivity index (χ1v) is 11.5. The van der Waals surface area contributed by atoms with Crippen LogP contribution in [0.15, 0.2) is 48.9 Å². The maximum absolute atomic E-state index is 12.6. The van der Waals surface area contributed by atoms with E-state index in [2.05, 4.69) is 27.1 Å². The summed E-state index contributed by atoms with van der Waals surface area (Å²) in [4.78, 5) is 30.5. The normalized spacial score (nSPS) is 15.0. The van der Waals surface area contributed by atoms with Crippen molar-refractivity contribution in [1.29, 1.82) is 0 Å². The largest absolute Gasteiger partial charge is 0.444 e. The molecule has 1 aliphatic rings. The van der Waals surface area contributed by atoms with Crippen LogP contribution in [-0.2, 0) is 9.53 Å². The third kappa shape index (κ3) is 5.47. The Hall–Kier alpha value is -3.06. The van der Waals surface area contributed by atoms with E-state index in [4.69, 9.17) is 16.3 Å². The molecule has 8 heteroatoms. The third-order valence-corrected chi connectivity index (χ3v) is 6.07. The number of aromatic nitrogens is 2. The van der Waals surface area contributed by atoms with Crippen molar-refractivity contribution < 1.29 is 14.3 Å². The summed E-state index contributed by atoms with van der Waals surface area (Å²) in [6, 6.07) is 9.82. The van der Waals surface area contributed by atoms with Crippen molar-refractivity contribution in [3.8, 4) is 5.69 Å². The molecule has 33 heavy (non-hydrogen) atoms. The Morgan fingerprint density at radius 1 is 1.15 bits per heavy atom. The zero-order chi connectivity index (χ0) is 23.6. The van der Waals surface area contributed by atoms with Gasteiger partial charge in [-0.25, -0.2) is 4.79 Å². The summed E-state index contributed by atoms with van der Waals surface area (Å²) in [7, 11) is 0. The molecular formula is C25H29ClN4O3. The molecule has 0 unspecified atom stereocenters. The van der Waals surface area contributed by atoms with Crippen LogP contribution >= 0.6 is 11.6 Å². The summed E-state index contributed by atoms with van der Waals surface area (Å²) in [6.07, 6.45) is 7.03. The Kier molecular flexibility index (Phi) is 6.61. The molecule has 1 saturated heterocycles. The summed E-state index contributed by atoms with van der Waals surface area (Å²) in [6.45, 7) is 6.62. The summed E-state index contributed by atoms with van der Waals surface area (Å²) in [5.74, 6) is 0.249. The number of amides is 2. The van der Waals surface area contributed by atoms with Crippen molar-refractivity contribution in [3.05, 3.63) is 59.5 Å². The summed E-state index contributed by atoms with van der Waals surface area (Å²) < 4.78 is 7.35. The number of likely N-dealkylation sites (tertiary alicyclic amines) is 1. The van der Waals surface area contributed by atoms with Crippen molar-refractivity contribution in [3.63, 3.8) is 0 Å². The molecule has 2 amide bonds. The van der Waals surface area contributed by atoms with Crippen molar-refractivity contribution in [2.45, 2.75) is 45.1 Å². The number of nitrogens with zero attached hydrogens (tertiary/aromatic N) is 3. The van der Waals surface area contributed by atoms with Crippen LogP contribution in [0, 0.1) is 0 Å². The van der Waals surface area contributed by atoms with E-state index < -0.39 is 11.7 Å². The first-order valence-electron chi connectivity index (χ1n) is 11.2. The van der Waals surface area contributed by atoms with Gasteiger partial charge in [0, 0.05) is 41.6 Å². The predicted molar refractivity (Wildman–Crippen MR) is 129 cm³/mol. The average molecular weight is 469 g/mol. The van der Waals surface area contributed by atoms with Crippen molar-refractivity contribution in [2.24, 2.45) is 0 Å². The van der Waals surface area contributed by atoms with Gasteiger partial charge in [-0.3, -0.25) is 9.78 Å². The Balaban J connectivity index is 1.43. The second-order valence-electron chi connectivity index (χ2n) is 9.33. The number of alkyl carbamates (subject to hydrolysis) is 1. The monoisotopic (exact) mass is 468 g/mol. The molecule has 4 rings (SSSR count). The molecule has 0 spiro atoms. The van der Waals surface area contributed by atoms with E-state index >= 15 is 0 Å². The SMILES string of the molecule is CC(C)(C)OC(=O)NCC(=O)N1CCC(c2cn(-c3ccc(Cl)cc3)c3cnccc23)CC1. The van der Waals surface area contributed by atoms with E-state index in [-0.39, 0.29) is 12.5 Å². The van der Waals surface area contributed by atoms with E-state index in [1.807, 2.05) is 41.6 Å². The molecule has 3 aromatic rings. The van der Waals surface area contributed by atoms with Crippen molar-refractivity contribution >= 4 is 34.5 Å². The maximum Gasteiger partial charge on any atom is 0.408 e. The Morgan fingerprint density at radius 2 is 1.85 bits per heavy atom. The summed E-state index contributed by atoms with van der Waals surface area (Å²) >= 11 is 6.07. The molecule has 0 bridgehead atoms. The second-order valence-corrected chi connectivity index (χ2v) is 9.77. The van der Waals surface area contributed by atoms with E-state index in [1.165, 1.54) is 10.9 Å². The molecule has 7 nitrogen and oxygen atoms in total. The molecule has 174 valence electrons. The van der Waals surface area contributed by atoms with Gasteiger partial charge in [0.15, 0.2) is 0 Å². The number of hydrogen-bond donors (Lipinski definition) is 1. The first-order chi connectivity index (χ1) is 15.7. The van der Waals surface area contributed by atoms with Crippen LogP contribution in [-0.4, -0.2) is 51.7 Å². The van der Waals surface area contributed by atoms with Crippen molar-refractivity contribution in [1.82, 2.24) is 19.8 Å². The molecule has 1 fully saturated rings. The molecule has 3 heterocycles. The van der Waals surface area contributed by atoms with Gasteiger partial charge in [0.2, 0.25) is 5.91 Å². The maximum atomic E-state index is 12.6. The van der Waals surface area contributed by atoms with Gasteiger partial charge in [-0.05, 0) is 75.4 Å². The summed E-state index contributed by atoms with van der Waals surface area (Å²) in [5.41, 5.74) is 2.76. The Morgan fingerprint density at radius 3 is 2.52 bits per heavy atom. The molecule has 1 N–H and O–H groups in total. The number of hydrogen-bond acceptors (Lipinski definition) is 4.